The Morgan fingerprint density at radius 2 is 2.11 bits per heavy atom. The molecule has 5 nitrogen and oxygen atoms in total. The van der Waals surface area contributed by atoms with Crippen LogP contribution in [0.1, 0.15) is 43.7 Å². The summed E-state index contributed by atoms with van der Waals surface area (Å²) in [6.45, 7) is 9.44. The first-order valence-corrected chi connectivity index (χ1v) is 6.76. The SMILES string of the molecule is CCOC(=O)c1cnn(C)c1CN(C)C(C)C(C)C. The maximum absolute atomic E-state index is 11.9. The van der Waals surface area contributed by atoms with Crippen LogP contribution in [0, 0.1) is 5.92 Å². The number of esters is 1. The van der Waals surface area contributed by atoms with E-state index in [0.29, 0.717) is 30.7 Å². The molecule has 1 aromatic heterocycles. The molecule has 0 spiro atoms. The molecule has 1 aromatic rings. The second kappa shape index (κ2) is 6.70. The quantitative estimate of drug-likeness (QED) is 0.740. The summed E-state index contributed by atoms with van der Waals surface area (Å²) in [5, 5.41) is 4.17. The molecule has 108 valence electrons. The monoisotopic (exact) mass is 267 g/mol. The number of rotatable bonds is 6. The van der Waals surface area contributed by atoms with Crippen LogP contribution < -0.4 is 0 Å². The first-order chi connectivity index (χ1) is 8.88. The molecule has 1 heterocycles. The van der Waals surface area contributed by atoms with Crippen LogP contribution in [-0.2, 0) is 18.3 Å². The minimum atomic E-state index is -0.295. The third kappa shape index (κ3) is 3.80. The number of nitrogens with zero attached hydrogens (tertiary/aromatic N) is 3. The normalized spacial score (nSPS) is 13.1. The topological polar surface area (TPSA) is 47.4 Å². The van der Waals surface area contributed by atoms with Gasteiger partial charge in [-0.05, 0) is 26.8 Å². The number of ether oxygens (including phenoxy) is 1. The first-order valence-electron chi connectivity index (χ1n) is 6.76. The molecule has 0 amide bonds. The molecule has 0 fully saturated rings. The highest BCUT2D eigenvalue weighted by Crippen LogP contribution is 2.16. The minimum Gasteiger partial charge on any atom is -0.462 e. The van der Waals surface area contributed by atoms with Crippen molar-refractivity contribution < 1.29 is 9.53 Å². The average molecular weight is 267 g/mol. The summed E-state index contributed by atoms with van der Waals surface area (Å²) in [5.41, 5.74) is 1.46. The number of hydrogen-bond donors (Lipinski definition) is 0. The van der Waals surface area contributed by atoms with Gasteiger partial charge in [-0.2, -0.15) is 5.10 Å². The van der Waals surface area contributed by atoms with Gasteiger partial charge in [-0.15, -0.1) is 0 Å². The molecule has 0 N–H and O–H groups in total. The lowest BCUT2D eigenvalue weighted by atomic mass is 10.0. The lowest BCUT2D eigenvalue weighted by molar-refractivity contribution is 0.0523. The lowest BCUT2D eigenvalue weighted by Gasteiger charge is -2.28. The summed E-state index contributed by atoms with van der Waals surface area (Å²) in [6, 6.07) is 0.435. The molecule has 0 saturated carbocycles. The molecule has 0 radical (unpaired) electrons. The van der Waals surface area contributed by atoms with Crippen LogP contribution in [0.3, 0.4) is 0 Å². The van der Waals surface area contributed by atoms with Crippen LogP contribution >= 0.6 is 0 Å². The fourth-order valence-corrected chi connectivity index (χ4v) is 1.92. The van der Waals surface area contributed by atoms with Crippen molar-refractivity contribution in [3.8, 4) is 0 Å². The zero-order valence-corrected chi connectivity index (χ0v) is 12.8. The molecule has 0 aliphatic carbocycles. The zero-order chi connectivity index (χ0) is 14.6. The van der Waals surface area contributed by atoms with Crippen LogP contribution in [0.4, 0.5) is 0 Å². The van der Waals surface area contributed by atoms with Crippen molar-refractivity contribution in [2.24, 2.45) is 13.0 Å². The van der Waals surface area contributed by atoms with Crippen molar-refractivity contribution in [2.45, 2.75) is 40.3 Å². The molecular formula is C14H25N3O2. The molecule has 0 aliphatic rings. The molecule has 0 bridgehead atoms. The maximum Gasteiger partial charge on any atom is 0.341 e. The third-order valence-electron chi connectivity index (χ3n) is 3.62. The Balaban J connectivity index is 2.88. The van der Waals surface area contributed by atoms with Gasteiger partial charge >= 0.3 is 5.97 Å². The Labute approximate surface area is 115 Å². The first kappa shape index (κ1) is 15.7. The van der Waals surface area contributed by atoms with Gasteiger partial charge in [0, 0.05) is 19.6 Å². The summed E-state index contributed by atoms with van der Waals surface area (Å²) in [4.78, 5) is 14.1. The Morgan fingerprint density at radius 1 is 1.47 bits per heavy atom. The fraction of sp³-hybridized carbons (Fsp3) is 0.714. The summed E-state index contributed by atoms with van der Waals surface area (Å²) >= 11 is 0. The Hall–Kier alpha value is -1.36. The zero-order valence-electron chi connectivity index (χ0n) is 12.8. The number of hydrogen-bond acceptors (Lipinski definition) is 4. The molecular weight excluding hydrogens is 242 g/mol. The second-order valence-corrected chi connectivity index (χ2v) is 5.25. The molecule has 0 aliphatic heterocycles. The Bertz CT molecular complexity index is 426. The van der Waals surface area contributed by atoms with E-state index in [1.807, 2.05) is 7.05 Å². The van der Waals surface area contributed by atoms with Crippen molar-refractivity contribution in [3.63, 3.8) is 0 Å². The summed E-state index contributed by atoms with van der Waals surface area (Å²) < 4.78 is 6.81. The van der Waals surface area contributed by atoms with Crippen molar-refractivity contribution in [1.82, 2.24) is 14.7 Å². The number of carbonyl (C=O) groups excluding carboxylic acids is 1. The molecule has 5 heteroatoms. The van der Waals surface area contributed by atoms with E-state index in [1.165, 1.54) is 0 Å². The summed E-state index contributed by atoms with van der Waals surface area (Å²) in [6.07, 6.45) is 1.58. The predicted molar refractivity (Wildman–Crippen MR) is 74.9 cm³/mol. The van der Waals surface area contributed by atoms with Gasteiger partial charge < -0.3 is 4.74 Å². The largest absolute Gasteiger partial charge is 0.462 e. The average Bonchev–Trinajstić information content (AvgIpc) is 2.70. The standard InChI is InChI=1S/C14H25N3O2/c1-7-19-14(18)12-8-15-17(6)13(12)9-16(5)11(4)10(2)3/h8,10-11H,7,9H2,1-6H3. The van der Waals surface area contributed by atoms with Crippen molar-refractivity contribution >= 4 is 5.97 Å². The van der Waals surface area contributed by atoms with E-state index in [-0.39, 0.29) is 5.97 Å². The molecule has 19 heavy (non-hydrogen) atoms. The van der Waals surface area contributed by atoms with E-state index in [9.17, 15) is 4.79 Å². The van der Waals surface area contributed by atoms with Crippen molar-refractivity contribution in [1.29, 1.82) is 0 Å². The maximum atomic E-state index is 11.9. The molecule has 1 rings (SSSR count). The Morgan fingerprint density at radius 3 is 2.63 bits per heavy atom. The predicted octanol–water partition coefficient (Wildman–Crippen LogP) is 2.07. The van der Waals surface area contributed by atoms with Crippen LogP contribution in [0.25, 0.3) is 0 Å². The molecule has 0 aromatic carbocycles. The van der Waals surface area contributed by atoms with Gasteiger partial charge in [0.25, 0.3) is 0 Å². The minimum absolute atomic E-state index is 0.295. The highest BCUT2D eigenvalue weighted by atomic mass is 16.5. The van der Waals surface area contributed by atoms with E-state index in [2.05, 4.69) is 37.8 Å². The lowest BCUT2D eigenvalue weighted by Crippen LogP contribution is -2.33. The van der Waals surface area contributed by atoms with Gasteiger partial charge in [-0.3, -0.25) is 9.58 Å². The van der Waals surface area contributed by atoms with E-state index < -0.39 is 0 Å². The van der Waals surface area contributed by atoms with E-state index in [4.69, 9.17) is 4.74 Å². The van der Waals surface area contributed by atoms with Crippen LogP contribution in [-0.4, -0.2) is 40.3 Å². The van der Waals surface area contributed by atoms with Crippen molar-refractivity contribution in [3.05, 3.63) is 17.5 Å². The van der Waals surface area contributed by atoms with Crippen LogP contribution in [0.5, 0.6) is 0 Å². The van der Waals surface area contributed by atoms with Gasteiger partial charge in [-0.25, -0.2) is 4.79 Å². The number of carbonyl (C=O) groups is 1. The van der Waals surface area contributed by atoms with E-state index >= 15 is 0 Å². The number of aryl methyl sites for hydroxylation is 1. The second-order valence-electron chi connectivity index (χ2n) is 5.25. The van der Waals surface area contributed by atoms with Crippen molar-refractivity contribution in [2.75, 3.05) is 13.7 Å². The van der Waals surface area contributed by atoms with E-state index in [1.54, 1.807) is 17.8 Å². The van der Waals surface area contributed by atoms with Gasteiger partial charge in [0.05, 0.1) is 18.5 Å². The van der Waals surface area contributed by atoms with Gasteiger partial charge in [0.15, 0.2) is 0 Å². The highest BCUT2D eigenvalue weighted by molar-refractivity contribution is 5.90. The Kier molecular flexibility index (Phi) is 5.54. The molecule has 0 saturated heterocycles. The fourth-order valence-electron chi connectivity index (χ4n) is 1.92. The smallest absolute Gasteiger partial charge is 0.341 e. The number of aromatic nitrogens is 2. The van der Waals surface area contributed by atoms with Gasteiger partial charge in [0.2, 0.25) is 0 Å². The summed E-state index contributed by atoms with van der Waals surface area (Å²) in [5.74, 6) is 0.264. The van der Waals surface area contributed by atoms with Gasteiger partial charge in [0.1, 0.15) is 5.56 Å². The molecule has 1 atom stereocenters. The van der Waals surface area contributed by atoms with Crippen LogP contribution in [0.2, 0.25) is 0 Å². The van der Waals surface area contributed by atoms with Crippen LogP contribution in [0.15, 0.2) is 6.20 Å². The van der Waals surface area contributed by atoms with E-state index in [0.717, 1.165) is 5.69 Å². The third-order valence-corrected chi connectivity index (χ3v) is 3.62. The van der Waals surface area contributed by atoms with Gasteiger partial charge in [-0.1, -0.05) is 13.8 Å². The summed E-state index contributed by atoms with van der Waals surface area (Å²) in [7, 11) is 3.92. The highest BCUT2D eigenvalue weighted by Gasteiger charge is 2.21. The molecule has 1 unspecified atom stereocenters.